The fraction of sp³-hybridized carbons (Fsp3) is 0.333. The molecule has 0 fully saturated rings. The van der Waals surface area contributed by atoms with Crippen molar-refractivity contribution >= 4 is 29.2 Å². The van der Waals surface area contributed by atoms with E-state index in [1.165, 1.54) is 0 Å². The molecule has 0 bridgehead atoms. The molecule has 0 spiro atoms. The number of nitrogens with one attached hydrogen (secondary N) is 1. The van der Waals surface area contributed by atoms with E-state index in [0.29, 0.717) is 11.4 Å². The Kier molecular flexibility index (Phi) is 3.66. The van der Waals surface area contributed by atoms with Gasteiger partial charge in [-0.1, -0.05) is 0 Å². The molecule has 0 atom stereocenters. The summed E-state index contributed by atoms with van der Waals surface area (Å²) in [5, 5.41) is 0. The van der Waals surface area contributed by atoms with Crippen molar-refractivity contribution in [2.24, 2.45) is 0 Å². The SMILES string of the molecule is CCOC(=O)Cn1c(=S)[nH]c2cc(OC)ccc21. The number of carbonyl (C=O) groups is 1. The molecule has 96 valence electrons. The van der Waals surface area contributed by atoms with E-state index in [2.05, 4.69) is 4.98 Å². The number of hydrogen-bond donors (Lipinski definition) is 1. The highest BCUT2D eigenvalue weighted by atomic mass is 32.1. The quantitative estimate of drug-likeness (QED) is 0.681. The molecule has 0 unspecified atom stereocenters. The second-order valence-corrected chi connectivity index (χ2v) is 4.09. The Bertz CT molecular complexity index is 630. The summed E-state index contributed by atoms with van der Waals surface area (Å²) < 4.78 is 12.3. The topological polar surface area (TPSA) is 56.2 Å². The molecule has 1 N–H and O–H groups in total. The number of H-pyrrole nitrogens is 1. The average molecular weight is 266 g/mol. The van der Waals surface area contributed by atoms with Crippen LogP contribution in [-0.2, 0) is 16.1 Å². The number of fused-ring (bicyclic) bond motifs is 1. The molecule has 0 aliphatic rings. The summed E-state index contributed by atoms with van der Waals surface area (Å²) in [6, 6.07) is 5.53. The van der Waals surface area contributed by atoms with Crippen LogP contribution in [0, 0.1) is 4.77 Å². The van der Waals surface area contributed by atoms with Crippen molar-refractivity contribution in [2.75, 3.05) is 13.7 Å². The van der Waals surface area contributed by atoms with Crippen LogP contribution >= 0.6 is 12.2 Å². The predicted octanol–water partition coefficient (Wildman–Crippen LogP) is 2.27. The third-order valence-corrected chi connectivity index (χ3v) is 2.90. The maximum Gasteiger partial charge on any atom is 0.326 e. The van der Waals surface area contributed by atoms with Crippen LogP contribution in [0.1, 0.15) is 6.92 Å². The Labute approximate surface area is 109 Å². The summed E-state index contributed by atoms with van der Waals surface area (Å²) in [5.41, 5.74) is 1.69. The Morgan fingerprint density at radius 2 is 2.28 bits per heavy atom. The van der Waals surface area contributed by atoms with Crippen molar-refractivity contribution in [1.29, 1.82) is 0 Å². The number of methoxy groups -OCH3 is 1. The van der Waals surface area contributed by atoms with E-state index in [4.69, 9.17) is 21.7 Å². The van der Waals surface area contributed by atoms with E-state index in [0.717, 1.165) is 16.8 Å². The molecule has 18 heavy (non-hydrogen) atoms. The lowest BCUT2D eigenvalue weighted by atomic mass is 10.3. The molecule has 6 heteroatoms. The predicted molar refractivity (Wildman–Crippen MR) is 70.3 cm³/mol. The van der Waals surface area contributed by atoms with Gasteiger partial charge in [0.15, 0.2) is 4.77 Å². The number of aromatic nitrogens is 2. The molecular formula is C12H14N2O3S. The zero-order valence-corrected chi connectivity index (χ0v) is 11.0. The highest BCUT2D eigenvalue weighted by Crippen LogP contribution is 2.20. The molecule has 0 radical (unpaired) electrons. The van der Waals surface area contributed by atoms with Crippen LogP contribution in [0.3, 0.4) is 0 Å². The molecule has 1 heterocycles. The zero-order valence-electron chi connectivity index (χ0n) is 10.2. The molecule has 0 saturated carbocycles. The van der Waals surface area contributed by atoms with Gasteiger partial charge >= 0.3 is 5.97 Å². The summed E-state index contributed by atoms with van der Waals surface area (Å²) in [4.78, 5) is 14.5. The highest BCUT2D eigenvalue weighted by molar-refractivity contribution is 7.71. The van der Waals surface area contributed by atoms with Crippen molar-refractivity contribution in [2.45, 2.75) is 13.5 Å². The molecular weight excluding hydrogens is 252 g/mol. The van der Waals surface area contributed by atoms with Gasteiger partial charge in [0.2, 0.25) is 0 Å². The first-order valence-corrected chi connectivity index (χ1v) is 5.98. The zero-order chi connectivity index (χ0) is 13.1. The van der Waals surface area contributed by atoms with Crippen molar-refractivity contribution in [3.63, 3.8) is 0 Å². The number of hydrogen-bond acceptors (Lipinski definition) is 4. The van der Waals surface area contributed by atoms with E-state index in [1.54, 1.807) is 18.6 Å². The number of imidazole rings is 1. The molecule has 2 aromatic rings. The minimum Gasteiger partial charge on any atom is -0.497 e. The summed E-state index contributed by atoms with van der Waals surface area (Å²) in [6.07, 6.45) is 0. The minimum absolute atomic E-state index is 0.110. The number of ether oxygens (including phenoxy) is 2. The molecule has 0 saturated heterocycles. The first-order chi connectivity index (χ1) is 8.65. The van der Waals surface area contributed by atoms with Gasteiger partial charge in [-0.05, 0) is 31.3 Å². The van der Waals surface area contributed by atoms with E-state index < -0.39 is 0 Å². The molecule has 5 nitrogen and oxygen atoms in total. The van der Waals surface area contributed by atoms with Crippen LogP contribution in [0.4, 0.5) is 0 Å². The van der Waals surface area contributed by atoms with Crippen molar-refractivity contribution in [3.8, 4) is 5.75 Å². The lowest BCUT2D eigenvalue weighted by molar-refractivity contribution is -0.143. The Hall–Kier alpha value is -1.82. The first-order valence-electron chi connectivity index (χ1n) is 5.58. The molecule has 1 aromatic carbocycles. The summed E-state index contributed by atoms with van der Waals surface area (Å²) in [6.45, 7) is 2.25. The number of aromatic amines is 1. The molecule has 1 aromatic heterocycles. The van der Waals surface area contributed by atoms with E-state index in [9.17, 15) is 4.79 Å². The van der Waals surface area contributed by atoms with Gasteiger partial charge in [0.25, 0.3) is 0 Å². The van der Waals surface area contributed by atoms with Gasteiger partial charge in [-0.15, -0.1) is 0 Å². The second kappa shape index (κ2) is 5.22. The van der Waals surface area contributed by atoms with Crippen LogP contribution in [0.25, 0.3) is 11.0 Å². The third kappa shape index (κ3) is 2.38. The summed E-state index contributed by atoms with van der Waals surface area (Å²) in [7, 11) is 1.60. The van der Waals surface area contributed by atoms with Crippen LogP contribution in [0.2, 0.25) is 0 Å². The van der Waals surface area contributed by atoms with Crippen LogP contribution < -0.4 is 4.74 Å². The summed E-state index contributed by atoms with van der Waals surface area (Å²) >= 11 is 5.19. The number of rotatable bonds is 4. The van der Waals surface area contributed by atoms with Gasteiger partial charge in [0, 0.05) is 6.07 Å². The van der Waals surface area contributed by atoms with Gasteiger partial charge in [0.1, 0.15) is 12.3 Å². The number of carbonyl (C=O) groups excluding carboxylic acids is 1. The summed E-state index contributed by atoms with van der Waals surface area (Å²) in [5.74, 6) is 0.437. The van der Waals surface area contributed by atoms with Gasteiger partial charge < -0.3 is 19.0 Å². The first kappa shape index (κ1) is 12.6. The fourth-order valence-corrected chi connectivity index (χ4v) is 2.04. The maximum absolute atomic E-state index is 11.5. The largest absolute Gasteiger partial charge is 0.497 e. The second-order valence-electron chi connectivity index (χ2n) is 3.70. The van der Waals surface area contributed by atoms with Crippen LogP contribution in [0.15, 0.2) is 18.2 Å². The lowest BCUT2D eigenvalue weighted by Crippen LogP contribution is -2.13. The van der Waals surface area contributed by atoms with Gasteiger partial charge in [-0.25, -0.2) is 0 Å². The van der Waals surface area contributed by atoms with Crippen molar-refractivity contribution in [1.82, 2.24) is 9.55 Å². The van der Waals surface area contributed by atoms with Crippen molar-refractivity contribution < 1.29 is 14.3 Å². The van der Waals surface area contributed by atoms with E-state index >= 15 is 0 Å². The highest BCUT2D eigenvalue weighted by Gasteiger charge is 2.09. The Balaban J connectivity index is 2.41. The van der Waals surface area contributed by atoms with Crippen LogP contribution in [0.5, 0.6) is 5.75 Å². The number of benzene rings is 1. The molecule has 0 amide bonds. The molecule has 2 rings (SSSR count). The fourth-order valence-electron chi connectivity index (χ4n) is 1.76. The van der Waals surface area contributed by atoms with Gasteiger partial charge in [-0.2, -0.15) is 0 Å². The Morgan fingerprint density at radius 1 is 1.50 bits per heavy atom. The third-order valence-electron chi connectivity index (χ3n) is 2.57. The normalized spacial score (nSPS) is 10.6. The van der Waals surface area contributed by atoms with Crippen LogP contribution in [-0.4, -0.2) is 29.2 Å². The lowest BCUT2D eigenvalue weighted by Gasteiger charge is -2.04. The van der Waals surface area contributed by atoms with Gasteiger partial charge in [-0.3, -0.25) is 4.79 Å². The monoisotopic (exact) mass is 266 g/mol. The molecule has 0 aliphatic heterocycles. The van der Waals surface area contributed by atoms with E-state index in [1.807, 2.05) is 18.2 Å². The number of esters is 1. The number of nitrogens with zero attached hydrogens (tertiary/aromatic N) is 1. The maximum atomic E-state index is 11.5. The standard InChI is InChI=1S/C12H14N2O3S/c1-3-17-11(15)7-14-10-5-4-8(16-2)6-9(10)13-12(14)18/h4-6H,3,7H2,1-2H3,(H,13,18). The van der Waals surface area contributed by atoms with E-state index in [-0.39, 0.29) is 12.5 Å². The molecule has 0 aliphatic carbocycles. The van der Waals surface area contributed by atoms with Crippen molar-refractivity contribution in [3.05, 3.63) is 23.0 Å². The smallest absolute Gasteiger partial charge is 0.326 e. The van der Waals surface area contributed by atoms with Gasteiger partial charge in [0.05, 0.1) is 24.8 Å². The minimum atomic E-state index is -0.301. The average Bonchev–Trinajstić information content (AvgIpc) is 2.65. The Morgan fingerprint density at radius 3 is 2.94 bits per heavy atom.